The second-order valence-electron chi connectivity index (χ2n) is 4.16. The number of ether oxygens (including phenoxy) is 1. The van der Waals surface area contributed by atoms with Crippen molar-refractivity contribution in [3.05, 3.63) is 12.2 Å². The molecular weight excluding hydrogens is 258 g/mol. The van der Waals surface area contributed by atoms with E-state index in [0.717, 1.165) is 31.7 Å². The van der Waals surface area contributed by atoms with Gasteiger partial charge in [0.05, 0.1) is 11.4 Å². The first-order valence-corrected chi connectivity index (χ1v) is 6.33. The van der Waals surface area contributed by atoms with E-state index < -0.39 is 0 Å². The van der Waals surface area contributed by atoms with Crippen molar-refractivity contribution in [2.24, 2.45) is 10.9 Å². The molecule has 0 aromatic rings. The van der Waals surface area contributed by atoms with Gasteiger partial charge in [-0.05, 0) is 31.3 Å². The third-order valence-corrected chi connectivity index (χ3v) is 3.50. The minimum atomic E-state index is 0.248. The van der Waals surface area contributed by atoms with E-state index in [1.807, 2.05) is 6.08 Å². The maximum atomic E-state index is 9.02. The van der Waals surface area contributed by atoms with Gasteiger partial charge in [-0.1, -0.05) is 22.0 Å². The van der Waals surface area contributed by atoms with Gasteiger partial charge in [0.1, 0.15) is 6.10 Å². The van der Waals surface area contributed by atoms with Crippen molar-refractivity contribution in [1.82, 2.24) is 0 Å². The van der Waals surface area contributed by atoms with Crippen LogP contribution in [0.3, 0.4) is 0 Å². The monoisotopic (exact) mass is 273 g/mol. The second-order valence-corrected chi connectivity index (χ2v) is 5.33. The van der Waals surface area contributed by atoms with Gasteiger partial charge in [0.25, 0.3) is 0 Å². The van der Waals surface area contributed by atoms with Gasteiger partial charge in [-0.2, -0.15) is 0 Å². The van der Waals surface area contributed by atoms with Crippen molar-refractivity contribution in [2.75, 3.05) is 13.2 Å². The van der Waals surface area contributed by atoms with E-state index in [1.165, 1.54) is 0 Å². The van der Waals surface area contributed by atoms with Crippen molar-refractivity contribution < 1.29 is 9.84 Å². The molecule has 15 heavy (non-hydrogen) atoms. The number of aliphatic hydroxyl groups is 1. The molecule has 2 rings (SSSR count). The summed E-state index contributed by atoms with van der Waals surface area (Å²) >= 11 is 3.47. The van der Waals surface area contributed by atoms with Crippen molar-refractivity contribution in [1.29, 1.82) is 0 Å². The molecule has 1 fully saturated rings. The third kappa shape index (κ3) is 3.05. The van der Waals surface area contributed by atoms with E-state index in [0.29, 0.717) is 10.7 Å². The molecule has 1 heterocycles. The molecule has 1 N–H and O–H groups in total. The number of hydrogen-bond donors (Lipinski definition) is 1. The predicted octanol–water partition coefficient (Wildman–Crippen LogP) is 1.90. The molecule has 0 aromatic heterocycles. The normalized spacial score (nSPS) is 35.3. The standard InChI is InChI=1S/C11H16BrNO2/c12-9-2-4-11(13-6-9)15-10-3-1-8(5-10)7-14/h2,4,8-10,14H,1,3,5-7H2. The zero-order chi connectivity index (χ0) is 10.7. The quantitative estimate of drug-likeness (QED) is 0.781. The lowest BCUT2D eigenvalue weighted by molar-refractivity contribution is 0.174. The summed E-state index contributed by atoms with van der Waals surface area (Å²) in [6.07, 6.45) is 7.30. The van der Waals surface area contributed by atoms with Gasteiger partial charge in [0.2, 0.25) is 5.90 Å². The van der Waals surface area contributed by atoms with Crippen molar-refractivity contribution in [3.8, 4) is 0 Å². The topological polar surface area (TPSA) is 41.8 Å². The van der Waals surface area contributed by atoms with Crippen molar-refractivity contribution >= 4 is 21.8 Å². The first-order chi connectivity index (χ1) is 7.28. The molecule has 3 atom stereocenters. The number of dihydropyridines is 1. The number of alkyl halides is 1. The Kier molecular flexibility index (Phi) is 3.81. The zero-order valence-electron chi connectivity index (χ0n) is 8.60. The number of aliphatic imine (C=N–C) groups is 1. The third-order valence-electron chi connectivity index (χ3n) is 2.91. The largest absolute Gasteiger partial charge is 0.475 e. The van der Waals surface area contributed by atoms with Gasteiger partial charge in [-0.25, -0.2) is 0 Å². The summed E-state index contributed by atoms with van der Waals surface area (Å²) in [5.41, 5.74) is 0. The van der Waals surface area contributed by atoms with Crippen LogP contribution in [0.15, 0.2) is 17.1 Å². The maximum absolute atomic E-state index is 9.02. The fourth-order valence-corrected chi connectivity index (χ4v) is 2.32. The fourth-order valence-electron chi connectivity index (χ4n) is 2.03. The highest BCUT2D eigenvalue weighted by Gasteiger charge is 2.26. The highest BCUT2D eigenvalue weighted by Crippen LogP contribution is 2.27. The Bertz CT molecular complexity index is 278. The highest BCUT2D eigenvalue weighted by atomic mass is 79.9. The molecular formula is C11H16BrNO2. The SMILES string of the molecule is OCC1CCC(OC2=NCC(Br)C=C2)C1. The Morgan fingerprint density at radius 1 is 1.53 bits per heavy atom. The molecule has 1 saturated carbocycles. The van der Waals surface area contributed by atoms with E-state index in [1.54, 1.807) is 0 Å². The number of aliphatic hydroxyl groups excluding tert-OH is 1. The van der Waals surface area contributed by atoms with Crippen LogP contribution in [0.1, 0.15) is 19.3 Å². The molecule has 0 aromatic carbocycles. The molecule has 0 saturated heterocycles. The van der Waals surface area contributed by atoms with Gasteiger partial charge in [0, 0.05) is 6.61 Å². The van der Waals surface area contributed by atoms with E-state index in [9.17, 15) is 0 Å². The van der Waals surface area contributed by atoms with Gasteiger partial charge in [0.15, 0.2) is 0 Å². The van der Waals surface area contributed by atoms with Gasteiger partial charge >= 0.3 is 0 Å². The number of hydrogen-bond acceptors (Lipinski definition) is 3. The molecule has 1 aliphatic carbocycles. The minimum Gasteiger partial charge on any atom is -0.475 e. The maximum Gasteiger partial charge on any atom is 0.208 e. The van der Waals surface area contributed by atoms with Gasteiger partial charge in [-0.3, -0.25) is 4.99 Å². The number of halogens is 1. The summed E-state index contributed by atoms with van der Waals surface area (Å²) in [4.78, 5) is 4.67. The average molecular weight is 274 g/mol. The summed E-state index contributed by atoms with van der Waals surface area (Å²) in [5, 5.41) is 9.02. The Labute approximate surface area is 98.4 Å². The van der Waals surface area contributed by atoms with Crippen LogP contribution in [-0.4, -0.2) is 35.1 Å². The molecule has 0 amide bonds. The fraction of sp³-hybridized carbons (Fsp3) is 0.727. The summed E-state index contributed by atoms with van der Waals surface area (Å²) in [7, 11) is 0. The van der Waals surface area contributed by atoms with Crippen molar-refractivity contribution in [3.63, 3.8) is 0 Å². The van der Waals surface area contributed by atoms with Crippen molar-refractivity contribution in [2.45, 2.75) is 30.2 Å². The molecule has 0 spiro atoms. The van der Waals surface area contributed by atoms with E-state index in [-0.39, 0.29) is 12.7 Å². The minimum absolute atomic E-state index is 0.248. The summed E-state index contributed by atoms with van der Waals surface area (Å²) in [6.45, 7) is 1.04. The summed E-state index contributed by atoms with van der Waals surface area (Å²) in [5.74, 6) is 1.17. The number of nitrogens with zero attached hydrogens (tertiary/aromatic N) is 1. The Balaban J connectivity index is 1.81. The molecule has 2 aliphatic rings. The smallest absolute Gasteiger partial charge is 0.208 e. The Hall–Kier alpha value is -0.350. The molecule has 84 valence electrons. The van der Waals surface area contributed by atoms with Crippen LogP contribution >= 0.6 is 15.9 Å². The lowest BCUT2D eigenvalue weighted by Gasteiger charge is -2.16. The van der Waals surface area contributed by atoms with Crippen LogP contribution in [0, 0.1) is 5.92 Å². The Morgan fingerprint density at radius 2 is 2.40 bits per heavy atom. The van der Waals surface area contributed by atoms with Crippen LogP contribution in [-0.2, 0) is 4.74 Å². The van der Waals surface area contributed by atoms with Crippen LogP contribution in [0.25, 0.3) is 0 Å². The van der Waals surface area contributed by atoms with Crippen LogP contribution in [0.2, 0.25) is 0 Å². The van der Waals surface area contributed by atoms with E-state index in [4.69, 9.17) is 9.84 Å². The highest BCUT2D eigenvalue weighted by molar-refractivity contribution is 9.09. The molecule has 1 aliphatic heterocycles. The first kappa shape index (κ1) is 11.1. The lowest BCUT2D eigenvalue weighted by Crippen LogP contribution is -2.18. The predicted molar refractivity (Wildman–Crippen MR) is 63.5 cm³/mol. The molecule has 0 bridgehead atoms. The Morgan fingerprint density at radius 3 is 3.00 bits per heavy atom. The molecule has 3 unspecified atom stereocenters. The number of rotatable bonds is 2. The van der Waals surface area contributed by atoms with E-state index in [2.05, 4.69) is 27.0 Å². The summed E-state index contributed by atoms with van der Waals surface area (Å²) < 4.78 is 5.76. The zero-order valence-corrected chi connectivity index (χ0v) is 10.2. The van der Waals surface area contributed by atoms with Crippen LogP contribution < -0.4 is 0 Å². The average Bonchev–Trinajstić information content (AvgIpc) is 2.69. The molecule has 4 heteroatoms. The lowest BCUT2D eigenvalue weighted by atomic mass is 10.1. The van der Waals surface area contributed by atoms with Gasteiger partial charge < -0.3 is 9.84 Å². The van der Waals surface area contributed by atoms with E-state index >= 15 is 0 Å². The molecule has 3 nitrogen and oxygen atoms in total. The second kappa shape index (κ2) is 5.12. The first-order valence-electron chi connectivity index (χ1n) is 5.42. The van der Waals surface area contributed by atoms with Gasteiger partial charge in [-0.15, -0.1) is 0 Å². The summed E-state index contributed by atoms with van der Waals surface area (Å²) in [6, 6.07) is 0. The van der Waals surface area contributed by atoms with Crippen LogP contribution in [0.4, 0.5) is 0 Å². The van der Waals surface area contributed by atoms with Crippen LogP contribution in [0.5, 0.6) is 0 Å². The molecule has 0 radical (unpaired) electrons.